The van der Waals surface area contributed by atoms with Crippen molar-refractivity contribution in [3.05, 3.63) is 0 Å². The number of carbonyl (C=O) groups excluding carboxylic acids is 1. The second kappa shape index (κ2) is 15.4. The lowest BCUT2D eigenvalue weighted by atomic mass is 9.85. The molecule has 3 unspecified atom stereocenters. The second-order valence-electron chi connectivity index (χ2n) is 11.5. The van der Waals surface area contributed by atoms with Crippen molar-refractivity contribution in [1.82, 2.24) is 5.32 Å². The summed E-state index contributed by atoms with van der Waals surface area (Å²) < 4.78 is 310. The highest BCUT2D eigenvalue weighted by atomic mass is 32.7. The third kappa shape index (κ3) is 9.05. The van der Waals surface area contributed by atoms with E-state index in [1.54, 1.807) is 14.8 Å². The Morgan fingerprint density at radius 1 is 0.774 bits per heavy atom. The number of amides is 1. The molecule has 0 aromatic rings. The van der Waals surface area contributed by atoms with Gasteiger partial charge >= 0.3 is 66.3 Å². The molecule has 314 valence electrons. The smallest absolute Gasteiger partial charge is 0.389 e. The SMILES string of the molecule is B[C@H]1CC(C)[C@@H](COP(=O)(S)OCC(O)CNC(=O)CCC(F)(F)C(F)(F)C(F)(F)C(F)(F)C(F)(F)C(F)(F)C(F)(F)C(F)(F)C(F)(F)C(F)(F)F)O1. The zero-order chi connectivity index (χ0) is 42.5. The fourth-order valence-electron chi connectivity index (χ4n) is 4.15. The molecule has 0 radical (unpaired) electrons. The molecule has 1 saturated heterocycles. The van der Waals surface area contributed by atoms with E-state index in [0.29, 0.717) is 6.42 Å². The van der Waals surface area contributed by atoms with Gasteiger partial charge in [-0.3, -0.25) is 13.8 Å². The summed E-state index contributed by atoms with van der Waals surface area (Å²) in [4.78, 5) is 11.7. The van der Waals surface area contributed by atoms with Crippen molar-refractivity contribution in [3.63, 3.8) is 0 Å². The molecular weight excluding hydrogens is 847 g/mol. The van der Waals surface area contributed by atoms with Crippen LogP contribution in [0.3, 0.4) is 0 Å². The molecule has 5 atom stereocenters. The van der Waals surface area contributed by atoms with Gasteiger partial charge in [0.25, 0.3) is 0 Å². The van der Waals surface area contributed by atoms with Gasteiger partial charge in [-0.05, 0) is 12.3 Å². The molecule has 0 aliphatic carbocycles. The molecule has 1 fully saturated rings. The van der Waals surface area contributed by atoms with Crippen LogP contribution in [0.5, 0.6) is 0 Å². The van der Waals surface area contributed by atoms with Crippen LogP contribution in [0.25, 0.3) is 0 Å². The number of carbonyl (C=O) groups is 1. The minimum Gasteiger partial charge on any atom is -0.389 e. The maximum Gasteiger partial charge on any atom is 0.460 e. The topological polar surface area (TPSA) is 94.1 Å². The van der Waals surface area contributed by atoms with Crippen molar-refractivity contribution >= 4 is 32.8 Å². The molecule has 1 aliphatic rings. The average Bonchev–Trinajstić information content (AvgIpc) is 3.31. The Balaban J connectivity index is 3.06. The monoisotopic (exact) mass is 871 g/mol. The summed E-state index contributed by atoms with van der Waals surface area (Å²) >= 11 is 3.57. The van der Waals surface area contributed by atoms with Gasteiger partial charge in [-0.1, -0.05) is 19.2 Å². The molecule has 1 rings (SSSR count). The van der Waals surface area contributed by atoms with E-state index < -0.39 is 110 Å². The highest BCUT2D eigenvalue weighted by molar-refractivity contribution is 8.44. The highest BCUT2D eigenvalue weighted by Gasteiger charge is 2.97. The third-order valence-electron chi connectivity index (χ3n) is 7.35. The van der Waals surface area contributed by atoms with Crippen molar-refractivity contribution in [1.29, 1.82) is 0 Å². The molecule has 1 heterocycles. The fourth-order valence-corrected chi connectivity index (χ4v) is 5.32. The van der Waals surface area contributed by atoms with Gasteiger partial charge in [-0.2, -0.15) is 92.2 Å². The van der Waals surface area contributed by atoms with Gasteiger partial charge < -0.3 is 15.2 Å². The van der Waals surface area contributed by atoms with Crippen LogP contribution >= 0.6 is 19.0 Å². The number of rotatable bonds is 19. The molecule has 1 amide bonds. The Bertz CT molecular complexity index is 1340. The number of thiol groups is 1. The summed E-state index contributed by atoms with van der Waals surface area (Å²) in [7, 11) is 1.72. The molecule has 0 aromatic heterocycles. The van der Waals surface area contributed by atoms with Gasteiger partial charge in [0, 0.05) is 25.4 Å². The zero-order valence-corrected chi connectivity index (χ0v) is 27.7. The van der Waals surface area contributed by atoms with E-state index in [-0.39, 0.29) is 18.5 Å². The number of halogens is 21. The molecule has 0 saturated carbocycles. The Kier molecular flexibility index (Phi) is 14.4. The Hall–Kier alpha value is -1.52. The van der Waals surface area contributed by atoms with Crippen LogP contribution in [0.15, 0.2) is 0 Å². The molecule has 1 aliphatic heterocycles. The molecule has 2 N–H and O–H groups in total. The van der Waals surface area contributed by atoms with Gasteiger partial charge in [-0.15, -0.1) is 0 Å². The van der Waals surface area contributed by atoms with E-state index in [0.717, 1.165) is 0 Å². The molecule has 0 bridgehead atoms. The molecular formula is C22H24BF21NO6PS. The lowest BCUT2D eigenvalue weighted by molar-refractivity contribution is -0.474. The van der Waals surface area contributed by atoms with Crippen molar-refractivity contribution in [2.45, 2.75) is 104 Å². The minimum atomic E-state index is -9.28. The van der Waals surface area contributed by atoms with Crippen molar-refractivity contribution in [3.8, 4) is 0 Å². The number of nitrogens with one attached hydrogen (secondary N) is 1. The predicted octanol–water partition coefficient (Wildman–Crippen LogP) is 6.98. The average molecular weight is 871 g/mol. The van der Waals surface area contributed by atoms with E-state index in [1.165, 1.54) is 5.32 Å². The van der Waals surface area contributed by atoms with E-state index in [1.807, 2.05) is 0 Å². The van der Waals surface area contributed by atoms with Crippen LogP contribution in [0.4, 0.5) is 92.2 Å². The van der Waals surface area contributed by atoms with E-state index in [9.17, 15) is 107 Å². The van der Waals surface area contributed by atoms with Crippen molar-refractivity contribution in [2.24, 2.45) is 5.92 Å². The molecule has 53 heavy (non-hydrogen) atoms. The van der Waals surface area contributed by atoms with Crippen LogP contribution in [0.1, 0.15) is 26.2 Å². The van der Waals surface area contributed by atoms with Crippen molar-refractivity contribution < 1.29 is 120 Å². The second-order valence-corrected chi connectivity index (χ2v) is 14.4. The molecule has 7 nitrogen and oxygen atoms in total. The number of hydrogen-bond acceptors (Lipinski definition) is 6. The van der Waals surface area contributed by atoms with Crippen LogP contribution in [-0.4, -0.2) is 116 Å². The van der Waals surface area contributed by atoms with Crippen LogP contribution in [-0.2, 0) is 23.1 Å². The quantitative estimate of drug-likeness (QED) is 0.0562. The highest BCUT2D eigenvalue weighted by Crippen LogP contribution is 2.66. The molecule has 0 spiro atoms. The maximum absolute atomic E-state index is 14.1. The van der Waals surface area contributed by atoms with E-state index in [4.69, 9.17) is 9.26 Å². The van der Waals surface area contributed by atoms with Gasteiger partial charge in [0.05, 0.1) is 25.4 Å². The summed E-state index contributed by atoms with van der Waals surface area (Å²) in [6, 6.07) is -0.183. The van der Waals surface area contributed by atoms with Gasteiger partial charge in [0.1, 0.15) is 7.85 Å². The Morgan fingerprint density at radius 3 is 1.55 bits per heavy atom. The molecule has 0 aromatic carbocycles. The predicted molar refractivity (Wildman–Crippen MR) is 138 cm³/mol. The van der Waals surface area contributed by atoms with Gasteiger partial charge in [0.15, 0.2) is 0 Å². The third-order valence-corrected chi connectivity index (χ3v) is 9.00. The zero-order valence-electron chi connectivity index (χ0n) is 25.9. The Labute approximate surface area is 288 Å². The van der Waals surface area contributed by atoms with E-state index in [2.05, 4.69) is 16.8 Å². The number of alkyl halides is 21. The van der Waals surface area contributed by atoms with Gasteiger partial charge in [0.2, 0.25) is 5.91 Å². The fraction of sp³-hybridized carbons (Fsp3) is 0.955. The number of ether oxygens (including phenoxy) is 1. The van der Waals surface area contributed by atoms with Crippen LogP contribution in [0, 0.1) is 5.92 Å². The molecule has 31 heteroatoms. The summed E-state index contributed by atoms with van der Waals surface area (Å²) in [5, 5.41) is 11.2. The van der Waals surface area contributed by atoms with E-state index >= 15 is 0 Å². The summed E-state index contributed by atoms with van der Waals surface area (Å²) in [5.74, 6) is -80.3. The summed E-state index contributed by atoms with van der Waals surface area (Å²) in [6.45, 7) is -5.04. The first-order chi connectivity index (χ1) is 23.1. The first kappa shape index (κ1) is 49.5. The largest absolute Gasteiger partial charge is 0.460 e. The summed E-state index contributed by atoms with van der Waals surface area (Å²) in [5.41, 5.74) is 0. The lowest BCUT2D eigenvalue weighted by Gasteiger charge is -2.44. The first-order valence-corrected chi connectivity index (χ1v) is 16.5. The summed E-state index contributed by atoms with van der Waals surface area (Å²) in [6.07, 6.45) is -15.4. The number of aliphatic hydroxyl groups is 1. The Morgan fingerprint density at radius 2 is 1.17 bits per heavy atom. The normalized spacial score (nSPS) is 22.5. The maximum atomic E-state index is 14.1. The van der Waals surface area contributed by atoms with Crippen LogP contribution in [0.2, 0.25) is 0 Å². The number of hydrogen-bond donors (Lipinski definition) is 3. The lowest BCUT2D eigenvalue weighted by Crippen LogP contribution is -2.76. The number of aliphatic hydroxyl groups excluding tert-OH is 1. The van der Waals surface area contributed by atoms with Crippen LogP contribution < -0.4 is 5.32 Å². The van der Waals surface area contributed by atoms with Gasteiger partial charge in [-0.25, -0.2) is 4.57 Å². The minimum absolute atomic E-state index is 0.0633. The first-order valence-electron chi connectivity index (χ1n) is 13.8. The standard InChI is InChI=1S/C22H24BF21NO6PS/c1-8-4-11(23)51-10(8)7-50-52(48,53)49-6-9(46)5-45-12(47)2-3-13(24,25)14(26,27)15(28,29)16(30,31)17(32,33)18(34,35)19(36,37)20(38,39)21(40,41)22(42,43)44/h8-11,46H,2-7,23H2,1H3,(H,45,47)(H,48,53)/t8?,9?,10-,11-,52?/m1/s1. The van der Waals surface area contributed by atoms with Crippen molar-refractivity contribution in [2.75, 3.05) is 19.8 Å².